The minimum absolute atomic E-state index is 0.0400. The first-order valence-electron chi connectivity index (χ1n) is 4.62. The maximum absolute atomic E-state index is 11.1. The molecule has 6 nitrogen and oxygen atoms in total. The number of hydrogen-bond acceptors (Lipinski definition) is 5. The van der Waals surface area contributed by atoms with Crippen LogP contribution in [0.2, 0.25) is 0 Å². The second-order valence-electron chi connectivity index (χ2n) is 3.22. The highest BCUT2D eigenvalue weighted by molar-refractivity contribution is 5.76. The van der Waals surface area contributed by atoms with Crippen LogP contribution in [0.5, 0.6) is 0 Å². The number of nitro groups is 1. The van der Waals surface area contributed by atoms with E-state index in [9.17, 15) is 14.9 Å². The van der Waals surface area contributed by atoms with Crippen molar-refractivity contribution in [1.82, 2.24) is 0 Å². The molecule has 0 aliphatic carbocycles. The SMILES string of the molecule is COC(=O)[C@@H](N)Cc1ccccc1[N+](=O)[O-]. The fourth-order valence-corrected chi connectivity index (χ4v) is 1.33. The predicted octanol–water partition coefficient (Wildman–Crippen LogP) is 0.638. The molecule has 0 heterocycles. The Bertz CT molecular complexity index is 406. The van der Waals surface area contributed by atoms with Gasteiger partial charge in [0.15, 0.2) is 0 Å². The number of nitro benzene ring substituents is 1. The molecule has 0 aromatic heterocycles. The molecular weight excluding hydrogens is 212 g/mol. The molecule has 0 saturated heterocycles. The molecule has 1 rings (SSSR count). The molecule has 0 fully saturated rings. The van der Waals surface area contributed by atoms with E-state index in [0.29, 0.717) is 5.56 Å². The Balaban J connectivity index is 2.88. The molecule has 2 N–H and O–H groups in total. The molecule has 0 aliphatic rings. The molecular formula is C10H12N2O4. The van der Waals surface area contributed by atoms with Crippen LogP contribution in [0, 0.1) is 10.1 Å². The maximum Gasteiger partial charge on any atom is 0.322 e. The molecule has 86 valence electrons. The number of ether oxygens (including phenoxy) is 1. The number of carbonyl (C=O) groups excluding carboxylic acids is 1. The predicted molar refractivity (Wildman–Crippen MR) is 56.8 cm³/mol. The van der Waals surface area contributed by atoms with Gasteiger partial charge in [-0.15, -0.1) is 0 Å². The van der Waals surface area contributed by atoms with Crippen molar-refractivity contribution in [1.29, 1.82) is 0 Å². The van der Waals surface area contributed by atoms with E-state index in [-0.39, 0.29) is 12.1 Å². The molecule has 6 heteroatoms. The molecule has 16 heavy (non-hydrogen) atoms. The van der Waals surface area contributed by atoms with E-state index < -0.39 is 16.9 Å². The molecule has 0 radical (unpaired) electrons. The summed E-state index contributed by atoms with van der Waals surface area (Å²) < 4.78 is 4.45. The van der Waals surface area contributed by atoms with Gasteiger partial charge < -0.3 is 10.5 Å². The lowest BCUT2D eigenvalue weighted by atomic mass is 10.0. The van der Waals surface area contributed by atoms with Crippen LogP contribution >= 0.6 is 0 Å². The van der Waals surface area contributed by atoms with Crippen molar-refractivity contribution >= 4 is 11.7 Å². The summed E-state index contributed by atoms with van der Waals surface area (Å²) in [4.78, 5) is 21.3. The molecule has 0 amide bonds. The van der Waals surface area contributed by atoms with Gasteiger partial charge in [0.2, 0.25) is 0 Å². The van der Waals surface area contributed by atoms with Gasteiger partial charge in [-0.1, -0.05) is 18.2 Å². The molecule has 0 aliphatic heterocycles. The van der Waals surface area contributed by atoms with Gasteiger partial charge in [-0.25, -0.2) is 0 Å². The van der Waals surface area contributed by atoms with E-state index in [1.165, 1.54) is 13.2 Å². The third kappa shape index (κ3) is 2.77. The second-order valence-corrected chi connectivity index (χ2v) is 3.22. The molecule has 0 spiro atoms. The van der Waals surface area contributed by atoms with Gasteiger partial charge in [-0.3, -0.25) is 14.9 Å². The number of carbonyl (C=O) groups is 1. The van der Waals surface area contributed by atoms with Gasteiger partial charge in [0, 0.05) is 18.1 Å². The van der Waals surface area contributed by atoms with Crippen LogP contribution in [0.3, 0.4) is 0 Å². The number of esters is 1. The Hall–Kier alpha value is -1.95. The standard InChI is InChI=1S/C10H12N2O4/c1-16-10(13)8(11)6-7-4-2-3-5-9(7)12(14)15/h2-5,8H,6,11H2,1H3/t8-/m0/s1. The van der Waals surface area contributed by atoms with E-state index in [2.05, 4.69) is 4.74 Å². The number of rotatable bonds is 4. The molecule has 0 bridgehead atoms. The Labute approximate surface area is 92.2 Å². The molecule has 1 aromatic carbocycles. The molecule has 1 aromatic rings. The minimum Gasteiger partial charge on any atom is -0.468 e. The van der Waals surface area contributed by atoms with Crippen LogP contribution in [0.1, 0.15) is 5.56 Å². The Morgan fingerprint density at radius 1 is 1.56 bits per heavy atom. The zero-order valence-electron chi connectivity index (χ0n) is 8.75. The van der Waals surface area contributed by atoms with E-state index in [1.807, 2.05) is 0 Å². The normalized spacial score (nSPS) is 11.9. The average molecular weight is 224 g/mol. The first-order valence-corrected chi connectivity index (χ1v) is 4.62. The van der Waals surface area contributed by atoms with Gasteiger partial charge in [0.25, 0.3) is 5.69 Å². The van der Waals surface area contributed by atoms with Crippen molar-refractivity contribution in [2.45, 2.75) is 12.5 Å². The minimum atomic E-state index is -0.883. The Morgan fingerprint density at radius 2 is 2.19 bits per heavy atom. The van der Waals surface area contributed by atoms with Crippen molar-refractivity contribution in [3.05, 3.63) is 39.9 Å². The number of nitrogens with zero attached hydrogens (tertiary/aromatic N) is 1. The smallest absolute Gasteiger partial charge is 0.322 e. The van der Waals surface area contributed by atoms with Crippen LogP contribution in [0.15, 0.2) is 24.3 Å². The van der Waals surface area contributed by atoms with Crippen LogP contribution in [-0.2, 0) is 16.0 Å². The summed E-state index contributed by atoms with van der Waals surface area (Å²) in [6, 6.07) is 5.28. The zero-order chi connectivity index (χ0) is 12.1. The van der Waals surface area contributed by atoms with Gasteiger partial charge in [0.05, 0.1) is 12.0 Å². The largest absolute Gasteiger partial charge is 0.468 e. The highest BCUT2D eigenvalue weighted by atomic mass is 16.6. The molecule has 1 atom stereocenters. The summed E-state index contributed by atoms with van der Waals surface area (Å²) in [5.74, 6) is -0.585. The van der Waals surface area contributed by atoms with Crippen molar-refractivity contribution in [3.63, 3.8) is 0 Å². The first kappa shape index (κ1) is 12.1. The van der Waals surface area contributed by atoms with Crippen molar-refractivity contribution in [2.75, 3.05) is 7.11 Å². The highest BCUT2D eigenvalue weighted by Crippen LogP contribution is 2.18. The second kappa shape index (κ2) is 5.22. The zero-order valence-corrected chi connectivity index (χ0v) is 8.75. The van der Waals surface area contributed by atoms with Crippen LogP contribution in [-0.4, -0.2) is 24.0 Å². The summed E-state index contributed by atoms with van der Waals surface area (Å²) in [5.41, 5.74) is 5.91. The average Bonchev–Trinajstić information content (AvgIpc) is 2.28. The number of nitrogens with two attached hydrogens (primary N) is 1. The lowest BCUT2D eigenvalue weighted by Gasteiger charge is -2.09. The summed E-state index contributed by atoms with van der Waals surface area (Å²) in [6.45, 7) is 0. The summed E-state index contributed by atoms with van der Waals surface area (Å²) in [6.07, 6.45) is 0.0871. The number of hydrogen-bond donors (Lipinski definition) is 1. The number of benzene rings is 1. The van der Waals surface area contributed by atoms with Crippen LogP contribution in [0.25, 0.3) is 0 Å². The number of methoxy groups -OCH3 is 1. The fourth-order valence-electron chi connectivity index (χ4n) is 1.33. The van der Waals surface area contributed by atoms with Crippen molar-refractivity contribution in [3.8, 4) is 0 Å². The van der Waals surface area contributed by atoms with Gasteiger partial charge in [-0.2, -0.15) is 0 Å². The monoisotopic (exact) mass is 224 g/mol. The fraction of sp³-hybridized carbons (Fsp3) is 0.300. The quantitative estimate of drug-likeness (QED) is 0.460. The summed E-state index contributed by atoms with van der Waals surface area (Å²) in [5, 5.41) is 10.7. The van der Waals surface area contributed by atoms with E-state index in [4.69, 9.17) is 5.73 Å². The maximum atomic E-state index is 11.1. The Morgan fingerprint density at radius 3 is 2.75 bits per heavy atom. The van der Waals surface area contributed by atoms with E-state index >= 15 is 0 Å². The van der Waals surface area contributed by atoms with Gasteiger partial charge in [0.1, 0.15) is 6.04 Å². The third-order valence-corrected chi connectivity index (χ3v) is 2.13. The third-order valence-electron chi connectivity index (χ3n) is 2.13. The molecule has 0 saturated carbocycles. The number of para-hydroxylation sites is 1. The van der Waals surface area contributed by atoms with Crippen molar-refractivity contribution < 1.29 is 14.5 Å². The Kier molecular flexibility index (Phi) is 3.96. The summed E-state index contributed by atoms with van der Waals surface area (Å²) in [7, 11) is 1.22. The molecule has 0 unspecified atom stereocenters. The van der Waals surface area contributed by atoms with E-state index in [0.717, 1.165) is 0 Å². The summed E-state index contributed by atoms with van der Waals surface area (Å²) >= 11 is 0. The van der Waals surface area contributed by atoms with Crippen molar-refractivity contribution in [2.24, 2.45) is 5.73 Å². The van der Waals surface area contributed by atoms with Gasteiger partial charge in [-0.05, 0) is 0 Å². The van der Waals surface area contributed by atoms with E-state index in [1.54, 1.807) is 18.2 Å². The van der Waals surface area contributed by atoms with Gasteiger partial charge >= 0.3 is 5.97 Å². The lowest BCUT2D eigenvalue weighted by Crippen LogP contribution is -2.33. The topological polar surface area (TPSA) is 95.5 Å². The van der Waals surface area contributed by atoms with Crippen LogP contribution < -0.4 is 5.73 Å². The highest BCUT2D eigenvalue weighted by Gasteiger charge is 2.19. The lowest BCUT2D eigenvalue weighted by molar-refractivity contribution is -0.385. The first-order chi connectivity index (χ1) is 7.56. The van der Waals surface area contributed by atoms with Crippen LogP contribution in [0.4, 0.5) is 5.69 Å².